The normalized spacial score (nSPS) is 20.9. The summed E-state index contributed by atoms with van der Waals surface area (Å²) in [5.74, 6) is 0.687. The number of likely N-dealkylation sites (tertiary alicyclic amines) is 2. The summed E-state index contributed by atoms with van der Waals surface area (Å²) in [6, 6.07) is 2.22. The number of amides is 2. The number of rotatable bonds is 3. The molecule has 0 aromatic heterocycles. The van der Waals surface area contributed by atoms with E-state index in [1.165, 1.54) is 6.08 Å². The molecule has 2 rings (SSSR count). The van der Waals surface area contributed by atoms with E-state index in [2.05, 4.69) is 12.6 Å². The van der Waals surface area contributed by atoms with Gasteiger partial charge in [-0.05, 0) is 37.7 Å². The molecule has 2 amide bonds. The molecule has 2 aliphatic rings. The average molecular weight is 289 g/mol. The molecule has 0 aromatic carbocycles. The van der Waals surface area contributed by atoms with Gasteiger partial charge in [0.2, 0.25) is 11.8 Å². The zero-order valence-corrected chi connectivity index (χ0v) is 12.5. The number of carbonyl (C=O) groups excluding carboxylic acids is 2. The molecular weight excluding hydrogens is 266 g/mol. The van der Waals surface area contributed by atoms with E-state index in [1.807, 2.05) is 4.90 Å². The first-order chi connectivity index (χ1) is 10.2. The predicted octanol–water partition coefficient (Wildman–Crippen LogP) is 1.56. The van der Waals surface area contributed by atoms with Gasteiger partial charge in [0.05, 0.1) is 6.07 Å². The Morgan fingerprint density at radius 1 is 1.10 bits per heavy atom. The topological polar surface area (TPSA) is 64.4 Å². The van der Waals surface area contributed by atoms with Crippen molar-refractivity contribution in [3.05, 3.63) is 12.7 Å². The fourth-order valence-corrected chi connectivity index (χ4v) is 3.22. The molecule has 2 fully saturated rings. The van der Waals surface area contributed by atoms with E-state index in [-0.39, 0.29) is 17.7 Å². The zero-order chi connectivity index (χ0) is 15.2. The van der Waals surface area contributed by atoms with E-state index in [9.17, 15) is 9.59 Å². The predicted molar refractivity (Wildman–Crippen MR) is 79.0 cm³/mol. The Morgan fingerprint density at radius 3 is 2.19 bits per heavy atom. The summed E-state index contributed by atoms with van der Waals surface area (Å²) < 4.78 is 0. The van der Waals surface area contributed by atoms with Crippen molar-refractivity contribution in [2.45, 2.75) is 32.1 Å². The van der Waals surface area contributed by atoms with Crippen molar-refractivity contribution in [3.63, 3.8) is 0 Å². The van der Waals surface area contributed by atoms with Crippen molar-refractivity contribution >= 4 is 11.8 Å². The van der Waals surface area contributed by atoms with Gasteiger partial charge in [0.25, 0.3) is 0 Å². The highest BCUT2D eigenvalue weighted by atomic mass is 16.2. The molecule has 0 spiro atoms. The minimum absolute atomic E-state index is 0.0433. The summed E-state index contributed by atoms with van der Waals surface area (Å²) in [6.07, 6.45) is 5.31. The summed E-state index contributed by atoms with van der Waals surface area (Å²) in [6.45, 7) is 6.34. The smallest absolute Gasteiger partial charge is 0.245 e. The van der Waals surface area contributed by atoms with E-state index >= 15 is 0 Å². The SMILES string of the molecule is C=CC(=O)N1CCC(C(=O)N2CCC(CC#N)CC2)CC1. The van der Waals surface area contributed by atoms with Crippen LogP contribution in [0.5, 0.6) is 0 Å². The lowest BCUT2D eigenvalue weighted by Gasteiger charge is -2.36. The van der Waals surface area contributed by atoms with Crippen LogP contribution < -0.4 is 0 Å². The quantitative estimate of drug-likeness (QED) is 0.741. The second-order valence-electron chi connectivity index (χ2n) is 5.93. The van der Waals surface area contributed by atoms with Crippen LogP contribution in [0.1, 0.15) is 32.1 Å². The Hall–Kier alpha value is -1.83. The maximum Gasteiger partial charge on any atom is 0.245 e. The lowest BCUT2D eigenvalue weighted by Crippen LogP contribution is -2.46. The van der Waals surface area contributed by atoms with E-state index in [0.717, 1.165) is 38.8 Å². The van der Waals surface area contributed by atoms with Crippen molar-refractivity contribution < 1.29 is 9.59 Å². The van der Waals surface area contributed by atoms with Crippen LogP contribution >= 0.6 is 0 Å². The van der Waals surface area contributed by atoms with Crippen LogP contribution in [0.2, 0.25) is 0 Å². The van der Waals surface area contributed by atoms with Gasteiger partial charge in [0, 0.05) is 38.5 Å². The molecule has 0 aliphatic carbocycles. The summed E-state index contributed by atoms with van der Waals surface area (Å²) in [7, 11) is 0. The van der Waals surface area contributed by atoms with Gasteiger partial charge in [-0.25, -0.2) is 0 Å². The fraction of sp³-hybridized carbons (Fsp3) is 0.688. The van der Waals surface area contributed by atoms with E-state index < -0.39 is 0 Å². The molecule has 0 atom stereocenters. The molecule has 2 saturated heterocycles. The van der Waals surface area contributed by atoms with E-state index in [4.69, 9.17) is 5.26 Å². The molecule has 114 valence electrons. The van der Waals surface area contributed by atoms with Crippen LogP contribution in [0.25, 0.3) is 0 Å². The van der Waals surface area contributed by atoms with E-state index in [0.29, 0.717) is 25.4 Å². The maximum atomic E-state index is 12.5. The van der Waals surface area contributed by atoms with Gasteiger partial charge in [-0.1, -0.05) is 6.58 Å². The van der Waals surface area contributed by atoms with Crippen molar-refractivity contribution in [1.82, 2.24) is 9.80 Å². The van der Waals surface area contributed by atoms with Crippen LogP contribution in [0.3, 0.4) is 0 Å². The van der Waals surface area contributed by atoms with Gasteiger partial charge in [0.1, 0.15) is 0 Å². The summed E-state index contributed by atoms with van der Waals surface area (Å²) in [4.78, 5) is 27.7. The van der Waals surface area contributed by atoms with Crippen molar-refractivity contribution in [2.24, 2.45) is 11.8 Å². The number of piperidine rings is 2. The molecule has 5 heteroatoms. The molecule has 0 aromatic rings. The Morgan fingerprint density at radius 2 is 1.67 bits per heavy atom. The lowest BCUT2D eigenvalue weighted by molar-refractivity contribution is -0.140. The maximum absolute atomic E-state index is 12.5. The highest BCUT2D eigenvalue weighted by Gasteiger charge is 2.31. The fourth-order valence-electron chi connectivity index (χ4n) is 3.22. The molecule has 0 radical (unpaired) electrons. The second kappa shape index (κ2) is 7.26. The third-order valence-corrected chi connectivity index (χ3v) is 4.64. The van der Waals surface area contributed by atoms with Gasteiger partial charge in [-0.3, -0.25) is 9.59 Å². The van der Waals surface area contributed by atoms with Crippen LogP contribution in [0.15, 0.2) is 12.7 Å². The summed E-state index contributed by atoms with van der Waals surface area (Å²) in [5, 5.41) is 8.72. The molecule has 0 saturated carbocycles. The Labute approximate surface area is 126 Å². The van der Waals surface area contributed by atoms with Gasteiger partial charge in [-0.15, -0.1) is 0 Å². The third kappa shape index (κ3) is 3.84. The third-order valence-electron chi connectivity index (χ3n) is 4.64. The summed E-state index contributed by atoms with van der Waals surface area (Å²) in [5.41, 5.74) is 0. The Bertz CT molecular complexity index is 439. The first-order valence-electron chi connectivity index (χ1n) is 7.72. The first kappa shape index (κ1) is 15.6. The molecule has 0 bridgehead atoms. The minimum atomic E-state index is -0.0433. The molecule has 2 heterocycles. The summed E-state index contributed by atoms with van der Waals surface area (Å²) >= 11 is 0. The van der Waals surface area contributed by atoms with Gasteiger partial charge < -0.3 is 9.80 Å². The highest BCUT2D eigenvalue weighted by Crippen LogP contribution is 2.25. The average Bonchev–Trinajstić information content (AvgIpc) is 2.54. The number of nitriles is 1. The molecule has 5 nitrogen and oxygen atoms in total. The van der Waals surface area contributed by atoms with Gasteiger partial charge in [-0.2, -0.15) is 5.26 Å². The second-order valence-corrected chi connectivity index (χ2v) is 5.93. The Kier molecular flexibility index (Phi) is 5.38. The number of hydrogen-bond donors (Lipinski definition) is 0. The molecule has 21 heavy (non-hydrogen) atoms. The number of nitrogens with zero attached hydrogens (tertiary/aromatic N) is 3. The Balaban J connectivity index is 1.79. The van der Waals surface area contributed by atoms with Crippen molar-refractivity contribution in [1.29, 1.82) is 5.26 Å². The van der Waals surface area contributed by atoms with E-state index in [1.54, 1.807) is 4.90 Å². The van der Waals surface area contributed by atoms with Crippen LogP contribution in [0, 0.1) is 23.2 Å². The zero-order valence-electron chi connectivity index (χ0n) is 12.5. The van der Waals surface area contributed by atoms with Crippen LogP contribution in [0.4, 0.5) is 0 Å². The minimum Gasteiger partial charge on any atom is -0.342 e. The number of carbonyl (C=O) groups is 2. The number of hydrogen-bond acceptors (Lipinski definition) is 3. The highest BCUT2D eigenvalue weighted by molar-refractivity contribution is 5.87. The standard InChI is InChI=1S/C16H23N3O2/c1-2-15(20)18-11-6-14(7-12-18)16(21)19-9-4-13(3-8-17)5-10-19/h2,13-14H,1,3-7,9-12H2. The molecule has 0 unspecified atom stereocenters. The lowest BCUT2D eigenvalue weighted by atomic mass is 9.91. The van der Waals surface area contributed by atoms with Gasteiger partial charge in [0.15, 0.2) is 0 Å². The first-order valence-corrected chi connectivity index (χ1v) is 7.72. The van der Waals surface area contributed by atoms with Crippen LogP contribution in [-0.4, -0.2) is 47.8 Å². The van der Waals surface area contributed by atoms with Crippen molar-refractivity contribution in [3.8, 4) is 6.07 Å². The van der Waals surface area contributed by atoms with Crippen molar-refractivity contribution in [2.75, 3.05) is 26.2 Å². The van der Waals surface area contributed by atoms with Crippen LogP contribution in [-0.2, 0) is 9.59 Å². The molecule has 0 N–H and O–H groups in total. The largest absolute Gasteiger partial charge is 0.342 e. The molecule has 2 aliphatic heterocycles. The van der Waals surface area contributed by atoms with Gasteiger partial charge >= 0.3 is 0 Å². The molecular formula is C16H23N3O2. The monoisotopic (exact) mass is 289 g/mol.